The Kier molecular flexibility index (Phi) is 4.05. The summed E-state index contributed by atoms with van der Waals surface area (Å²) in [4.78, 5) is 16.7. The van der Waals surface area contributed by atoms with Crippen molar-refractivity contribution < 1.29 is 14.3 Å². The van der Waals surface area contributed by atoms with Crippen LogP contribution in [-0.2, 0) is 9.47 Å². The van der Waals surface area contributed by atoms with E-state index >= 15 is 0 Å². The third-order valence-electron chi connectivity index (χ3n) is 4.51. The molecule has 1 aromatic carbocycles. The van der Waals surface area contributed by atoms with Gasteiger partial charge in [0.1, 0.15) is 6.10 Å². The molecule has 1 amide bonds. The summed E-state index contributed by atoms with van der Waals surface area (Å²) in [5.74, 6) is -0.525. The molecule has 1 spiro atoms. The fraction of sp³-hybridized carbons (Fsp3) is 0.529. The molecule has 2 heterocycles. The lowest BCUT2D eigenvalue weighted by Gasteiger charge is -2.31. The maximum atomic E-state index is 12.3. The number of hydrogen-bond acceptors (Lipinski definition) is 5. The minimum atomic E-state index is -0.385. The van der Waals surface area contributed by atoms with E-state index in [0.717, 1.165) is 35.9 Å². The molecule has 0 radical (unpaired) electrons. The van der Waals surface area contributed by atoms with Gasteiger partial charge in [0.25, 0.3) is 5.91 Å². The van der Waals surface area contributed by atoms with Crippen LogP contribution in [0.25, 0.3) is 10.2 Å². The Balaban J connectivity index is 1.35. The van der Waals surface area contributed by atoms with E-state index in [2.05, 4.69) is 10.3 Å². The van der Waals surface area contributed by atoms with Crippen LogP contribution >= 0.6 is 11.3 Å². The van der Waals surface area contributed by atoms with E-state index in [1.165, 1.54) is 17.8 Å². The molecular weight excluding hydrogens is 312 g/mol. The van der Waals surface area contributed by atoms with E-state index in [1.54, 1.807) is 0 Å². The average Bonchev–Trinajstić information content (AvgIpc) is 3.18. The Morgan fingerprint density at radius 2 is 2.13 bits per heavy atom. The SMILES string of the molecule is O=C(NC[C@H]1COC2(CCCCC2)O1)c1nc2ccccc2s1. The number of amides is 1. The van der Waals surface area contributed by atoms with Gasteiger partial charge in [0, 0.05) is 19.4 Å². The number of rotatable bonds is 3. The van der Waals surface area contributed by atoms with E-state index in [1.807, 2.05) is 24.3 Å². The van der Waals surface area contributed by atoms with Crippen molar-refractivity contribution in [1.29, 1.82) is 0 Å². The first-order valence-electron chi connectivity index (χ1n) is 8.20. The Morgan fingerprint density at radius 3 is 2.96 bits per heavy atom. The number of carbonyl (C=O) groups is 1. The molecule has 1 aromatic heterocycles. The van der Waals surface area contributed by atoms with Crippen LogP contribution in [0.5, 0.6) is 0 Å². The monoisotopic (exact) mass is 332 g/mol. The quantitative estimate of drug-likeness (QED) is 0.938. The predicted octanol–water partition coefficient (Wildman–Crippen LogP) is 3.10. The topological polar surface area (TPSA) is 60.5 Å². The average molecular weight is 332 g/mol. The van der Waals surface area contributed by atoms with Gasteiger partial charge in [-0.25, -0.2) is 4.98 Å². The number of thiazole rings is 1. The molecule has 0 unspecified atom stereocenters. The molecule has 1 aliphatic carbocycles. The normalized spacial score (nSPS) is 23.4. The summed E-state index contributed by atoms with van der Waals surface area (Å²) < 4.78 is 13.0. The predicted molar refractivity (Wildman–Crippen MR) is 88.6 cm³/mol. The van der Waals surface area contributed by atoms with Gasteiger partial charge in [-0.2, -0.15) is 0 Å². The highest BCUT2D eigenvalue weighted by Gasteiger charge is 2.42. The van der Waals surface area contributed by atoms with E-state index < -0.39 is 0 Å². The van der Waals surface area contributed by atoms with Crippen LogP contribution in [0.1, 0.15) is 41.9 Å². The van der Waals surface area contributed by atoms with E-state index in [-0.39, 0.29) is 17.8 Å². The number of benzene rings is 1. The molecule has 1 saturated carbocycles. The van der Waals surface area contributed by atoms with Crippen LogP contribution in [0.15, 0.2) is 24.3 Å². The van der Waals surface area contributed by atoms with Crippen molar-refractivity contribution in [3.8, 4) is 0 Å². The van der Waals surface area contributed by atoms with Crippen LogP contribution in [0, 0.1) is 0 Å². The summed E-state index contributed by atoms with van der Waals surface area (Å²) in [6, 6.07) is 7.78. The highest BCUT2D eigenvalue weighted by Crippen LogP contribution is 2.37. The lowest BCUT2D eigenvalue weighted by Crippen LogP contribution is -2.37. The van der Waals surface area contributed by atoms with Crippen LogP contribution in [0.4, 0.5) is 0 Å². The Labute approximate surface area is 139 Å². The van der Waals surface area contributed by atoms with Gasteiger partial charge in [0.05, 0.1) is 16.8 Å². The number of nitrogens with zero attached hydrogens (tertiary/aromatic N) is 1. The number of hydrogen-bond donors (Lipinski definition) is 1. The fourth-order valence-electron chi connectivity index (χ4n) is 3.32. The Bertz CT molecular complexity index is 676. The standard InChI is InChI=1S/C17H20N2O3S/c20-15(16-19-13-6-2-3-7-14(13)23-16)18-10-12-11-21-17(22-12)8-4-1-5-9-17/h2-3,6-7,12H,1,4-5,8-11H2,(H,18,20)/t12-/m0/s1. The largest absolute Gasteiger partial charge is 0.347 e. The van der Waals surface area contributed by atoms with Crippen LogP contribution in [-0.4, -0.2) is 35.9 Å². The maximum Gasteiger partial charge on any atom is 0.280 e. The number of ether oxygens (including phenoxy) is 2. The Morgan fingerprint density at radius 1 is 1.30 bits per heavy atom. The zero-order chi connectivity index (χ0) is 15.7. The number of nitrogens with one attached hydrogen (secondary N) is 1. The molecule has 122 valence electrons. The van der Waals surface area contributed by atoms with Gasteiger partial charge >= 0.3 is 0 Å². The summed E-state index contributed by atoms with van der Waals surface area (Å²) in [7, 11) is 0. The molecule has 1 atom stereocenters. The lowest BCUT2D eigenvalue weighted by atomic mass is 9.94. The molecule has 2 aromatic rings. The van der Waals surface area contributed by atoms with Crippen molar-refractivity contribution in [1.82, 2.24) is 10.3 Å². The van der Waals surface area contributed by atoms with Gasteiger partial charge in [-0.3, -0.25) is 4.79 Å². The highest BCUT2D eigenvalue weighted by atomic mass is 32.1. The van der Waals surface area contributed by atoms with Crippen molar-refractivity contribution in [2.24, 2.45) is 0 Å². The van der Waals surface area contributed by atoms with Crippen LogP contribution in [0.3, 0.4) is 0 Å². The molecule has 2 fully saturated rings. The second-order valence-corrected chi connectivity index (χ2v) is 7.25. The van der Waals surface area contributed by atoms with Crippen molar-refractivity contribution >= 4 is 27.5 Å². The number of aromatic nitrogens is 1. The van der Waals surface area contributed by atoms with Crippen molar-refractivity contribution in [3.63, 3.8) is 0 Å². The third kappa shape index (κ3) is 3.11. The summed E-state index contributed by atoms with van der Waals surface area (Å²) in [5.41, 5.74) is 0.865. The molecule has 1 aliphatic heterocycles. The number of para-hydroxylation sites is 1. The molecule has 23 heavy (non-hydrogen) atoms. The van der Waals surface area contributed by atoms with Gasteiger partial charge in [0.15, 0.2) is 10.8 Å². The molecule has 1 N–H and O–H groups in total. The second kappa shape index (κ2) is 6.19. The molecule has 2 aliphatic rings. The number of carbonyl (C=O) groups excluding carboxylic acids is 1. The van der Waals surface area contributed by atoms with Gasteiger partial charge in [-0.05, 0) is 25.0 Å². The van der Waals surface area contributed by atoms with E-state index in [9.17, 15) is 4.79 Å². The summed E-state index contributed by atoms with van der Waals surface area (Å²) in [6.45, 7) is 1.02. The van der Waals surface area contributed by atoms with Crippen molar-refractivity contribution in [2.75, 3.05) is 13.2 Å². The van der Waals surface area contributed by atoms with Crippen molar-refractivity contribution in [3.05, 3.63) is 29.3 Å². The van der Waals surface area contributed by atoms with Gasteiger partial charge in [-0.1, -0.05) is 18.6 Å². The zero-order valence-electron chi connectivity index (χ0n) is 12.9. The summed E-state index contributed by atoms with van der Waals surface area (Å²) in [6.07, 6.45) is 5.44. The van der Waals surface area contributed by atoms with Gasteiger partial charge in [-0.15, -0.1) is 11.3 Å². The molecule has 0 bridgehead atoms. The second-order valence-electron chi connectivity index (χ2n) is 6.22. The fourth-order valence-corrected chi connectivity index (χ4v) is 4.20. The first-order chi connectivity index (χ1) is 11.2. The molecule has 4 rings (SSSR count). The first-order valence-corrected chi connectivity index (χ1v) is 9.01. The summed E-state index contributed by atoms with van der Waals surface area (Å²) >= 11 is 1.41. The number of fused-ring (bicyclic) bond motifs is 1. The van der Waals surface area contributed by atoms with Crippen LogP contribution < -0.4 is 5.32 Å². The maximum absolute atomic E-state index is 12.3. The molecular formula is C17H20N2O3S. The lowest BCUT2D eigenvalue weighted by molar-refractivity contribution is -0.186. The van der Waals surface area contributed by atoms with Crippen molar-refractivity contribution in [2.45, 2.75) is 44.0 Å². The molecule has 5 nitrogen and oxygen atoms in total. The molecule has 1 saturated heterocycles. The smallest absolute Gasteiger partial charge is 0.280 e. The van der Waals surface area contributed by atoms with Gasteiger partial charge in [0.2, 0.25) is 0 Å². The first kappa shape index (κ1) is 15.1. The summed E-state index contributed by atoms with van der Waals surface area (Å²) in [5, 5.41) is 3.43. The van der Waals surface area contributed by atoms with Gasteiger partial charge < -0.3 is 14.8 Å². The van der Waals surface area contributed by atoms with Crippen LogP contribution in [0.2, 0.25) is 0 Å². The Hall–Kier alpha value is -1.50. The zero-order valence-corrected chi connectivity index (χ0v) is 13.7. The molecule has 6 heteroatoms. The highest BCUT2D eigenvalue weighted by molar-refractivity contribution is 7.20. The minimum Gasteiger partial charge on any atom is -0.347 e. The third-order valence-corrected chi connectivity index (χ3v) is 5.54. The minimum absolute atomic E-state index is 0.0635. The van der Waals surface area contributed by atoms with E-state index in [4.69, 9.17) is 9.47 Å². The van der Waals surface area contributed by atoms with E-state index in [0.29, 0.717) is 18.2 Å².